The van der Waals surface area contributed by atoms with Crippen LogP contribution < -0.4 is 4.90 Å². The normalized spacial score (nSPS) is 22.1. The molecule has 20 heavy (non-hydrogen) atoms. The van der Waals surface area contributed by atoms with Gasteiger partial charge in [-0.2, -0.15) is 0 Å². The molecule has 0 amide bonds. The summed E-state index contributed by atoms with van der Waals surface area (Å²) in [7, 11) is 1.63. The van der Waals surface area contributed by atoms with Gasteiger partial charge in [0, 0.05) is 20.2 Å². The quantitative estimate of drug-likeness (QED) is 0.843. The Kier molecular flexibility index (Phi) is 4.55. The molecule has 1 aromatic rings. The highest BCUT2D eigenvalue weighted by Gasteiger charge is 2.35. The average Bonchev–Trinajstić information content (AvgIpc) is 2.37. The zero-order valence-electron chi connectivity index (χ0n) is 12.5. The number of nitrogens with zero attached hydrogens (tertiary/aromatic N) is 3. The number of anilines is 1. The second-order valence-corrected chi connectivity index (χ2v) is 5.65. The minimum absolute atomic E-state index is 0.0943. The molecule has 112 valence electrons. The van der Waals surface area contributed by atoms with Crippen molar-refractivity contribution in [3.8, 4) is 0 Å². The number of halogens is 1. The maximum absolute atomic E-state index is 14.4. The molecule has 1 saturated heterocycles. The third kappa shape index (κ3) is 3.24. The lowest BCUT2D eigenvalue weighted by atomic mass is 10.1. The van der Waals surface area contributed by atoms with Gasteiger partial charge in [0.15, 0.2) is 11.6 Å². The number of morpholine rings is 1. The van der Waals surface area contributed by atoms with Crippen LogP contribution >= 0.6 is 0 Å². The Morgan fingerprint density at radius 3 is 2.90 bits per heavy atom. The maximum atomic E-state index is 14.4. The summed E-state index contributed by atoms with van der Waals surface area (Å²) >= 11 is 0. The summed E-state index contributed by atoms with van der Waals surface area (Å²) in [6.07, 6.45) is 1.88. The van der Waals surface area contributed by atoms with Crippen LogP contribution in [0, 0.1) is 5.82 Å². The van der Waals surface area contributed by atoms with Crippen LogP contribution in [-0.4, -0.2) is 48.5 Å². The highest BCUT2D eigenvalue weighted by atomic mass is 19.1. The van der Waals surface area contributed by atoms with Crippen LogP contribution in [0.2, 0.25) is 0 Å². The first-order chi connectivity index (χ1) is 9.46. The van der Waals surface area contributed by atoms with E-state index in [1.165, 1.54) is 6.33 Å². The zero-order chi connectivity index (χ0) is 14.8. The monoisotopic (exact) mass is 283 g/mol. The summed E-state index contributed by atoms with van der Waals surface area (Å²) in [5.41, 5.74) is 0.0770. The molecular weight excluding hydrogens is 261 g/mol. The number of rotatable bonds is 4. The number of aromatic nitrogens is 2. The second kappa shape index (κ2) is 6.01. The second-order valence-electron chi connectivity index (χ2n) is 5.65. The number of methoxy groups -OCH3 is 1. The van der Waals surface area contributed by atoms with Crippen molar-refractivity contribution in [1.82, 2.24) is 9.97 Å². The Morgan fingerprint density at radius 2 is 2.25 bits per heavy atom. The molecule has 5 nitrogen and oxygen atoms in total. The van der Waals surface area contributed by atoms with E-state index in [0.29, 0.717) is 37.6 Å². The average molecular weight is 283 g/mol. The summed E-state index contributed by atoms with van der Waals surface area (Å²) in [5, 5.41) is 0. The van der Waals surface area contributed by atoms with Crippen molar-refractivity contribution in [2.24, 2.45) is 0 Å². The Hall–Kier alpha value is -1.27. The van der Waals surface area contributed by atoms with Gasteiger partial charge in [-0.05, 0) is 20.3 Å². The third-order valence-electron chi connectivity index (χ3n) is 3.31. The number of aryl methyl sites for hydroxylation is 1. The Balaban J connectivity index is 2.27. The number of ether oxygens (including phenoxy) is 2. The van der Waals surface area contributed by atoms with E-state index in [-0.39, 0.29) is 17.5 Å². The fraction of sp³-hybridized carbons (Fsp3) is 0.714. The molecule has 0 radical (unpaired) electrons. The van der Waals surface area contributed by atoms with Crippen molar-refractivity contribution >= 4 is 5.82 Å². The van der Waals surface area contributed by atoms with Gasteiger partial charge in [-0.25, -0.2) is 14.4 Å². The molecule has 0 saturated carbocycles. The lowest BCUT2D eigenvalue weighted by molar-refractivity contribution is -0.106. The molecule has 1 aliphatic rings. The van der Waals surface area contributed by atoms with Crippen LogP contribution in [0.1, 0.15) is 26.5 Å². The summed E-state index contributed by atoms with van der Waals surface area (Å²) in [4.78, 5) is 10.0. The van der Waals surface area contributed by atoms with E-state index in [1.807, 2.05) is 25.7 Å². The molecule has 0 aliphatic carbocycles. The molecule has 0 aromatic carbocycles. The highest BCUT2D eigenvalue weighted by Crippen LogP contribution is 2.27. The highest BCUT2D eigenvalue weighted by molar-refractivity contribution is 5.42. The van der Waals surface area contributed by atoms with Crippen molar-refractivity contribution in [3.63, 3.8) is 0 Å². The molecule has 0 spiro atoms. The standard InChI is InChI=1S/C14H22FN3O2/c1-5-11-12(15)13(17-9-16-11)18-6-10(7-19-4)20-14(2,3)8-18/h9-10H,5-8H2,1-4H3. The van der Waals surface area contributed by atoms with Crippen molar-refractivity contribution in [3.05, 3.63) is 17.8 Å². The van der Waals surface area contributed by atoms with Gasteiger partial charge in [0.25, 0.3) is 0 Å². The topological polar surface area (TPSA) is 47.5 Å². The first kappa shape index (κ1) is 15.1. The van der Waals surface area contributed by atoms with E-state index in [4.69, 9.17) is 9.47 Å². The Bertz CT molecular complexity index is 468. The van der Waals surface area contributed by atoms with Crippen LogP contribution in [0.25, 0.3) is 0 Å². The van der Waals surface area contributed by atoms with E-state index < -0.39 is 0 Å². The van der Waals surface area contributed by atoms with E-state index in [2.05, 4.69) is 9.97 Å². The van der Waals surface area contributed by atoms with Gasteiger partial charge in [0.1, 0.15) is 6.33 Å². The van der Waals surface area contributed by atoms with Crippen molar-refractivity contribution < 1.29 is 13.9 Å². The van der Waals surface area contributed by atoms with E-state index >= 15 is 0 Å². The predicted molar refractivity (Wildman–Crippen MR) is 74.4 cm³/mol. The molecule has 0 N–H and O–H groups in total. The molecule has 2 heterocycles. The van der Waals surface area contributed by atoms with Crippen molar-refractivity contribution in [1.29, 1.82) is 0 Å². The van der Waals surface area contributed by atoms with Crippen LogP contribution in [0.4, 0.5) is 10.2 Å². The van der Waals surface area contributed by atoms with Crippen LogP contribution in [0.3, 0.4) is 0 Å². The molecular formula is C14H22FN3O2. The van der Waals surface area contributed by atoms with E-state index in [9.17, 15) is 4.39 Å². The first-order valence-corrected chi connectivity index (χ1v) is 6.88. The van der Waals surface area contributed by atoms with Crippen LogP contribution in [0.5, 0.6) is 0 Å². The van der Waals surface area contributed by atoms with E-state index in [0.717, 1.165) is 0 Å². The van der Waals surface area contributed by atoms with Gasteiger partial charge in [-0.1, -0.05) is 6.92 Å². The third-order valence-corrected chi connectivity index (χ3v) is 3.31. The first-order valence-electron chi connectivity index (χ1n) is 6.88. The van der Waals surface area contributed by atoms with Crippen LogP contribution in [0.15, 0.2) is 6.33 Å². The SMILES string of the molecule is CCc1ncnc(N2CC(COC)OC(C)(C)C2)c1F. The summed E-state index contributed by atoms with van der Waals surface area (Å²) in [6.45, 7) is 7.49. The fourth-order valence-corrected chi connectivity index (χ4v) is 2.59. The van der Waals surface area contributed by atoms with Gasteiger partial charge < -0.3 is 14.4 Å². The Morgan fingerprint density at radius 1 is 1.50 bits per heavy atom. The molecule has 1 aromatic heterocycles. The van der Waals surface area contributed by atoms with Gasteiger partial charge in [0.05, 0.1) is 24.0 Å². The molecule has 1 atom stereocenters. The van der Waals surface area contributed by atoms with Crippen molar-refractivity contribution in [2.45, 2.75) is 38.9 Å². The summed E-state index contributed by atoms with van der Waals surface area (Å²) in [5.74, 6) is 0.0261. The molecule has 1 aliphatic heterocycles. The minimum Gasteiger partial charge on any atom is -0.382 e. The maximum Gasteiger partial charge on any atom is 0.187 e. The van der Waals surface area contributed by atoms with Gasteiger partial charge in [-0.15, -0.1) is 0 Å². The van der Waals surface area contributed by atoms with Crippen molar-refractivity contribution in [2.75, 3.05) is 31.7 Å². The number of hydrogen-bond acceptors (Lipinski definition) is 5. The fourth-order valence-electron chi connectivity index (χ4n) is 2.59. The summed E-state index contributed by atoms with van der Waals surface area (Å²) < 4.78 is 25.5. The van der Waals surface area contributed by atoms with Gasteiger partial charge in [0.2, 0.25) is 0 Å². The lowest BCUT2D eigenvalue weighted by Gasteiger charge is -2.43. The van der Waals surface area contributed by atoms with E-state index in [1.54, 1.807) is 7.11 Å². The van der Waals surface area contributed by atoms with Crippen LogP contribution in [-0.2, 0) is 15.9 Å². The largest absolute Gasteiger partial charge is 0.382 e. The Labute approximate surface area is 119 Å². The summed E-state index contributed by atoms with van der Waals surface area (Å²) in [6, 6.07) is 0. The molecule has 0 bridgehead atoms. The number of hydrogen-bond donors (Lipinski definition) is 0. The predicted octanol–water partition coefficient (Wildman–Crippen LogP) is 1.81. The molecule has 1 unspecified atom stereocenters. The lowest BCUT2D eigenvalue weighted by Crippen LogP contribution is -2.54. The van der Waals surface area contributed by atoms with Gasteiger partial charge >= 0.3 is 0 Å². The molecule has 6 heteroatoms. The van der Waals surface area contributed by atoms with Gasteiger partial charge in [-0.3, -0.25) is 0 Å². The smallest absolute Gasteiger partial charge is 0.187 e. The molecule has 1 fully saturated rings. The molecule has 2 rings (SSSR count). The minimum atomic E-state index is -0.370. The zero-order valence-corrected chi connectivity index (χ0v) is 12.5.